The average molecular weight is 204 g/mol. The monoisotopic (exact) mass is 204 g/mol. The quantitative estimate of drug-likeness (QED) is 0.289. The molecule has 0 aromatic heterocycles. The molecular weight excluding hydrogens is 195 g/mol. The molecule has 0 amide bonds. The van der Waals surface area contributed by atoms with Gasteiger partial charge in [0, 0.05) is 0 Å². The van der Waals surface area contributed by atoms with Crippen LogP contribution in [0.15, 0.2) is 0 Å². The molecule has 0 heterocycles. The summed E-state index contributed by atoms with van der Waals surface area (Å²) in [6, 6.07) is 0. The molecule has 0 atom stereocenters. The minimum absolute atomic E-state index is 1.04. The summed E-state index contributed by atoms with van der Waals surface area (Å²) in [7, 11) is 0. The Kier molecular flexibility index (Phi) is 4.17. The predicted molar refractivity (Wildman–Crippen MR) is 34.3 cm³/mol. The van der Waals surface area contributed by atoms with Gasteiger partial charge in [-0.15, -0.1) is 0 Å². The van der Waals surface area contributed by atoms with Crippen molar-refractivity contribution in [1.82, 2.24) is 5.59 Å². The first-order chi connectivity index (χ1) is 2.77. The molecule has 0 saturated heterocycles. The molecular formula is C2H9IN2O. The van der Waals surface area contributed by atoms with Gasteiger partial charge in [-0.05, 0) is 0 Å². The molecule has 0 spiro atoms. The second-order valence-corrected chi connectivity index (χ2v) is 5.24. The Morgan fingerprint density at radius 2 is 2.17 bits per heavy atom. The number of nitrogens with one attached hydrogen (secondary N) is 1. The van der Waals surface area contributed by atoms with Gasteiger partial charge in [0.2, 0.25) is 0 Å². The van der Waals surface area contributed by atoms with E-state index < -0.39 is 20.2 Å². The third kappa shape index (κ3) is 4.61. The first kappa shape index (κ1) is 6.61. The van der Waals surface area contributed by atoms with Gasteiger partial charge in [0.1, 0.15) is 0 Å². The molecule has 0 bridgehead atoms. The molecule has 3 N–H and O–H groups in total. The van der Waals surface area contributed by atoms with Crippen molar-refractivity contribution in [3.05, 3.63) is 0 Å². The molecule has 0 aliphatic heterocycles. The molecule has 3 nitrogen and oxygen atoms in total. The van der Waals surface area contributed by atoms with Crippen molar-refractivity contribution in [3.63, 3.8) is 0 Å². The van der Waals surface area contributed by atoms with Crippen LogP contribution in [0.25, 0.3) is 0 Å². The molecule has 0 aromatic carbocycles. The third-order valence-corrected chi connectivity index (χ3v) is 1.33. The Balaban J connectivity index is 2.63. The van der Waals surface area contributed by atoms with E-state index in [0.717, 1.165) is 0 Å². The molecule has 40 valence electrons. The van der Waals surface area contributed by atoms with Crippen LogP contribution in [0.3, 0.4) is 0 Å². The van der Waals surface area contributed by atoms with Gasteiger partial charge in [0.05, 0.1) is 0 Å². The van der Waals surface area contributed by atoms with Crippen LogP contribution in [0.2, 0.25) is 0 Å². The number of rotatable bonds is 2. The fourth-order valence-electron chi connectivity index (χ4n) is 0.0891. The third-order valence-electron chi connectivity index (χ3n) is 0.199. The van der Waals surface area contributed by atoms with E-state index in [-0.39, 0.29) is 0 Å². The van der Waals surface area contributed by atoms with Crippen molar-refractivity contribution in [1.29, 1.82) is 0 Å². The first-order valence-corrected chi connectivity index (χ1v) is 6.60. The van der Waals surface area contributed by atoms with Crippen LogP contribution in [-0.2, 0) is 3.17 Å². The Morgan fingerprint density at radius 3 is 2.17 bits per heavy atom. The van der Waals surface area contributed by atoms with Crippen LogP contribution in [-0.4, -0.2) is 9.86 Å². The SMILES string of the molecule is CI(C)ONN. The van der Waals surface area contributed by atoms with E-state index in [9.17, 15) is 0 Å². The molecule has 0 fully saturated rings. The summed E-state index contributed by atoms with van der Waals surface area (Å²) in [5.41, 5.74) is 2.14. The number of nitrogens with two attached hydrogens (primary N) is 1. The number of hydrazine groups is 1. The Labute approximate surface area is 45.1 Å². The van der Waals surface area contributed by atoms with Crippen LogP contribution < -0.4 is 11.4 Å². The van der Waals surface area contributed by atoms with Crippen molar-refractivity contribution in [2.45, 2.75) is 0 Å². The fraction of sp³-hybridized carbons (Fsp3) is 1.00. The van der Waals surface area contributed by atoms with Gasteiger partial charge in [0.25, 0.3) is 0 Å². The van der Waals surface area contributed by atoms with Crippen molar-refractivity contribution >= 4 is 20.2 Å². The maximum atomic E-state index is 4.80. The Hall–Kier alpha value is 0.610. The molecule has 4 heteroatoms. The van der Waals surface area contributed by atoms with E-state index in [1.165, 1.54) is 0 Å². The van der Waals surface area contributed by atoms with Gasteiger partial charge in [-0.25, -0.2) is 0 Å². The second kappa shape index (κ2) is 3.79. The van der Waals surface area contributed by atoms with Gasteiger partial charge in [0.15, 0.2) is 0 Å². The molecule has 0 radical (unpaired) electrons. The molecule has 6 heavy (non-hydrogen) atoms. The van der Waals surface area contributed by atoms with E-state index in [2.05, 4.69) is 5.59 Å². The summed E-state index contributed by atoms with van der Waals surface area (Å²) < 4.78 is 4.73. The van der Waals surface area contributed by atoms with Crippen LogP contribution in [0, 0.1) is 0 Å². The van der Waals surface area contributed by atoms with Gasteiger partial charge >= 0.3 is 44.7 Å². The van der Waals surface area contributed by atoms with Crippen molar-refractivity contribution < 1.29 is 3.17 Å². The summed E-state index contributed by atoms with van der Waals surface area (Å²) in [6.07, 6.45) is 0. The average Bonchev–Trinajstić information content (AvgIpc) is 1.35. The molecule has 0 rings (SSSR count). The van der Waals surface area contributed by atoms with Gasteiger partial charge in [-0.2, -0.15) is 0 Å². The van der Waals surface area contributed by atoms with E-state index >= 15 is 0 Å². The Morgan fingerprint density at radius 1 is 1.67 bits per heavy atom. The van der Waals surface area contributed by atoms with Crippen LogP contribution in [0.5, 0.6) is 0 Å². The number of hydrogen-bond acceptors (Lipinski definition) is 3. The normalized spacial score (nSPS) is 11.5. The summed E-state index contributed by atoms with van der Waals surface area (Å²) in [5.74, 6) is 4.80. The second-order valence-electron chi connectivity index (χ2n) is 0.882. The number of halogens is 1. The number of alkyl halides is 2. The van der Waals surface area contributed by atoms with Crippen LogP contribution >= 0.6 is 20.2 Å². The van der Waals surface area contributed by atoms with Gasteiger partial charge in [-0.3, -0.25) is 0 Å². The standard InChI is InChI=1S/C2H9IN2O/c1-3(2)6-5-4/h5H,4H2,1-2H3. The zero-order chi connectivity index (χ0) is 4.99. The summed E-state index contributed by atoms with van der Waals surface area (Å²) in [4.78, 5) is 4.09. The summed E-state index contributed by atoms with van der Waals surface area (Å²) in [6.45, 7) is 0. The Bertz CT molecular complexity index is 32.7. The van der Waals surface area contributed by atoms with E-state index in [0.29, 0.717) is 0 Å². The first-order valence-electron chi connectivity index (χ1n) is 1.40. The topological polar surface area (TPSA) is 47.3 Å². The minimum atomic E-state index is -1.04. The zero-order valence-corrected chi connectivity index (χ0v) is 6.02. The number of hydrogen-bond donors (Lipinski definition) is 2. The van der Waals surface area contributed by atoms with E-state index in [1.807, 2.05) is 9.86 Å². The van der Waals surface area contributed by atoms with Crippen LogP contribution in [0.1, 0.15) is 0 Å². The van der Waals surface area contributed by atoms with Gasteiger partial charge < -0.3 is 0 Å². The molecule has 0 aromatic rings. The van der Waals surface area contributed by atoms with Crippen molar-refractivity contribution in [3.8, 4) is 0 Å². The maximum absolute atomic E-state index is 4.80. The van der Waals surface area contributed by atoms with Crippen LogP contribution in [0.4, 0.5) is 0 Å². The fourth-order valence-corrected chi connectivity index (χ4v) is 0.598. The predicted octanol–water partition coefficient (Wildman–Crippen LogP) is 0.0623. The van der Waals surface area contributed by atoms with E-state index in [1.54, 1.807) is 0 Å². The molecule has 0 aliphatic rings. The summed E-state index contributed by atoms with van der Waals surface area (Å²) in [5, 5.41) is 0. The molecule has 0 aliphatic carbocycles. The molecule has 0 saturated carbocycles. The molecule has 0 unspecified atom stereocenters. The zero-order valence-electron chi connectivity index (χ0n) is 3.86. The van der Waals surface area contributed by atoms with Gasteiger partial charge in [-0.1, -0.05) is 0 Å². The van der Waals surface area contributed by atoms with Crippen molar-refractivity contribution in [2.24, 2.45) is 5.84 Å². The van der Waals surface area contributed by atoms with Crippen molar-refractivity contribution in [2.75, 3.05) is 9.86 Å². The van der Waals surface area contributed by atoms with E-state index in [4.69, 9.17) is 9.01 Å². The summed E-state index contributed by atoms with van der Waals surface area (Å²) >= 11 is -1.04.